The van der Waals surface area contributed by atoms with Crippen LogP contribution < -0.4 is 10.1 Å². The zero-order chi connectivity index (χ0) is 12.4. The van der Waals surface area contributed by atoms with E-state index in [1.807, 2.05) is 12.1 Å². The molecule has 1 atom stereocenters. The number of hydrogen-bond acceptors (Lipinski definition) is 4. The van der Waals surface area contributed by atoms with Crippen molar-refractivity contribution in [3.63, 3.8) is 0 Å². The molecule has 1 aromatic heterocycles. The molecule has 0 spiro atoms. The second-order valence-electron chi connectivity index (χ2n) is 4.50. The number of nitrogens with one attached hydrogen (secondary N) is 1. The molecule has 3 rings (SSSR count). The summed E-state index contributed by atoms with van der Waals surface area (Å²) in [5.41, 5.74) is 2.40. The molecule has 4 heteroatoms. The van der Waals surface area contributed by atoms with Gasteiger partial charge in [-0.2, -0.15) is 0 Å². The summed E-state index contributed by atoms with van der Waals surface area (Å²) in [5.74, 6) is 1.48. The third-order valence-electron chi connectivity index (χ3n) is 3.34. The molecule has 0 bridgehead atoms. The Morgan fingerprint density at radius 2 is 2.17 bits per heavy atom. The molecule has 0 aliphatic carbocycles. The van der Waals surface area contributed by atoms with Gasteiger partial charge in [0.1, 0.15) is 10.8 Å². The summed E-state index contributed by atoms with van der Waals surface area (Å²) in [6.45, 7) is 2.17. The van der Waals surface area contributed by atoms with Gasteiger partial charge in [-0.15, -0.1) is 11.3 Å². The standard InChI is InChI=1S/C14H16N2OS/c1-17-12-4-2-10(3-5-12)14-16-13(9-18-14)11-6-7-15-8-11/h2-5,9,11,15H,6-8H2,1H3. The van der Waals surface area contributed by atoms with Crippen LogP contribution in [0.2, 0.25) is 0 Å². The summed E-state index contributed by atoms with van der Waals surface area (Å²) in [6, 6.07) is 8.09. The first-order valence-corrected chi connectivity index (χ1v) is 7.05. The van der Waals surface area contributed by atoms with Gasteiger partial charge in [0.05, 0.1) is 12.8 Å². The van der Waals surface area contributed by atoms with Gasteiger partial charge >= 0.3 is 0 Å². The third-order valence-corrected chi connectivity index (χ3v) is 4.25. The Kier molecular flexibility index (Phi) is 3.30. The molecule has 94 valence electrons. The Bertz CT molecular complexity index is 515. The minimum atomic E-state index is 0.591. The van der Waals surface area contributed by atoms with E-state index >= 15 is 0 Å². The van der Waals surface area contributed by atoms with Crippen molar-refractivity contribution in [1.29, 1.82) is 0 Å². The topological polar surface area (TPSA) is 34.1 Å². The molecular formula is C14H16N2OS. The Labute approximate surface area is 111 Å². The van der Waals surface area contributed by atoms with E-state index in [0.717, 1.165) is 29.4 Å². The minimum absolute atomic E-state index is 0.591. The van der Waals surface area contributed by atoms with Crippen LogP contribution in [0.5, 0.6) is 5.75 Å². The van der Waals surface area contributed by atoms with Crippen molar-refractivity contribution in [3.05, 3.63) is 35.3 Å². The normalized spacial score (nSPS) is 19.1. The highest BCUT2D eigenvalue weighted by atomic mass is 32.1. The SMILES string of the molecule is COc1ccc(-c2nc(C3CCNC3)cs2)cc1. The lowest BCUT2D eigenvalue weighted by Gasteiger charge is -2.03. The average Bonchev–Trinajstić information content (AvgIpc) is 3.09. The Hall–Kier alpha value is -1.39. The first-order valence-electron chi connectivity index (χ1n) is 6.17. The summed E-state index contributed by atoms with van der Waals surface area (Å²) in [5, 5.41) is 6.67. The predicted octanol–water partition coefficient (Wildman–Crippen LogP) is 2.90. The molecule has 2 heterocycles. The summed E-state index contributed by atoms with van der Waals surface area (Å²) in [7, 11) is 1.68. The molecule has 0 amide bonds. The van der Waals surface area contributed by atoms with Crippen LogP contribution in [0.25, 0.3) is 10.6 Å². The van der Waals surface area contributed by atoms with Crippen LogP contribution in [0, 0.1) is 0 Å². The maximum Gasteiger partial charge on any atom is 0.123 e. The highest BCUT2D eigenvalue weighted by Crippen LogP contribution is 2.30. The van der Waals surface area contributed by atoms with E-state index < -0.39 is 0 Å². The number of nitrogens with zero attached hydrogens (tertiary/aromatic N) is 1. The highest BCUT2D eigenvalue weighted by molar-refractivity contribution is 7.13. The van der Waals surface area contributed by atoms with Crippen molar-refractivity contribution in [1.82, 2.24) is 10.3 Å². The molecule has 0 radical (unpaired) electrons. The van der Waals surface area contributed by atoms with Gasteiger partial charge in [-0.1, -0.05) is 0 Å². The first kappa shape index (κ1) is 11.7. The number of rotatable bonds is 3. The van der Waals surface area contributed by atoms with E-state index in [0.29, 0.717) is 5.92 Å². The van der Waals surface area contributed by atoms with Crippen molar-refractivity contribution in [2.75, 3.05) is 20.2 Å². The van der Waals surface area contributed by atoms with Gasteiger partial charge in [-0.3, -0.25) is 0 Å². The van der Waals surface area contributed by atoms with Gasteiger partial charge in [0, 0.05) is 23.4 Å². The molecule has 1 N–H and O–H groups in total. The fourth-order valence-corrected chi connectivity index (χ4v) is 3.15. The van der Waals surface area contributed by atoms with Crippen molar-refractivity contribution >= 4 is 11.3 Å². The second-order valence-corrected chi connectivity index (χ2v) is 5.35. The zero-order valence-corrected chi connectivity index (χ0v) is 11.2. The fraction of sp³-hybridized carbons (Fsp3) is 0.357. The van der Waals surface area contributed by atoms with Crippen LogP contribution in [0.3, 0.4) is 0 Å². The van der Waals surface area contributed by atoms with Crippen LogP contribution >= 0.6 is 11.3 Å². The molecule has 0 saturated carbocycles. The maximum atomic E-state index is 5.17. The lowest BCUT2D eigenvalue weighted by atomic mass is 10.1. The molecule has 1 aliphatic heterocycles. The molecule has 18 heavy (non-hydrogen) atoms. The fourth-order valence-electron chi connectivity index (χ4n) is 2.25. The Balaban J connectivity index is 1.82. The summed E-state index contributed by atoms with van der Waals surface area (Å²) in [6.07, 6.45) is 1.20. The van der Waals surface area contributed by atoms with Crippen molar-refractivity contribution in [3.8, 4) is 16.3 Å². The second kappa shape index (κ2) is 5.08. The van der Waals surface area contributed by atoms with Crippen molar-refractivity contribution < 1.29 is 4.74 Å². The van der Waals surface area contributed by atoms with E-state index in [9.17, 15) is 0 Å². The molecule has 2 aromatic rings. The van der Waals surface area contributed by atoms with E-state index in [1.54, 1.807) is 18.4 Å². The monoisotopic (exact) mass is 260 g/mol. The van der Waals surface area contributed by atoms with Crippen LogP contribution in [0.15, 0.2) is 29.6 Å². The van der Waals surface area contributed by atoms with Gasteiger partial charge in [0.2, 0.25) is 0 Å². The first-order chi connectivity index (χ1) is 8.86. The van der Waals surface area contributed by atoms with E-state index in [2.05, 4.69) is 22.8 Å². The van der Waals surface area contributed by atoms with Crippen LogP contribution in [-0.4, -0.2) is 25.2 Å². The van der Waals surface area contributed by atoms with Crippen molar-refractivity contribution in [2.24, 2.45) is 0 Å². The number of methoxy groups -OCH3 is 1. The van der Waals surface area contributed by atoms with Gasteiger partial charge in [0.25, 0.3) is 0 Å². The molecule has 1 fully saturated rings. The van der Waals surface area contributed by atoms with E-state index in [1.165, 1.54) is 12.1 Å². The number of ether oxygens (including phenoxy) is 1. The van der Waals surface area contributed by atoms with Crippen LogP contribution in [0.4, 0.5) is 0 Å². The average molecular weight is 260 g/mol. The Morgan fingerprint density at radius 1 is 1.33 bits per heavy atom. The van der Waals surface area contributed by atoms with Crippen LogP contribution in [-0.2, 0) is 0 Å². The number of benzene rings is 1. The van der Waals surface area contributed by atoms with Crippen LogP contribution in [0.1, 0.15) is 18.0 Å². The predicted molar refractivity (Wildman–Crippen MR) is 74.3 cm³/mol. The van der Waals surface area contributed by atoms with E-state index in [-0.39, 0.29) is 0 Å². The van der Waals surface area contributed by atoms with E-state index in [4.69, 9.17) is 9.72 Å². The molecule has 3 nitrogen and oxygen atoms in total. The summed E-state index contributed by atoms with van der Waals surface area (Å²) in [4.78, 5) is 4.76. The summed E-state index contributed by atoms with van der Waals surface area (Å²) < 4.78 is 5.17. The lowest BCUT2D eigenvalue weighted by Crippen LogP contribution is -2.08. The summed E-state index contributed by atoms with van der Waals surface area (Å²) >= 11 is 1.72. The number of hydrogen-bond donors (Lipinski definition) is 1. The minimum Gasteiger partial charge on any atom is -0.497 e. The zero-order valence-electron chi connectivity index (χ0n) is 10.3. The smallest absolute Gasteiger partial charge is 0.123 e. The molecule has 1 unspecified atom stereocenters. The number of aromatic nitrogens is 1. The molecule has 1 saturated heterocycles. The lowest BCUT2D eigenvalue weighted by molar-refractivity contribution is 0.415. The van der Waals surface area contributed by atoms with Crippen molar-refractivity contribution in [2.45, 2.75) is 12.3 Å². The third kappa shape index (κ3) is 2.26. The Morgan fingerprint density at radius 3 is 2.83 bits per heavy atom. The maximum absolute atomic E-state index is 5.17. The van der Waals surface area contributed by atoms with Gasteiger partial charge in [0.15, 0.2) is 0 Å². The highest BCUT2D eigenvalue weighted by Gasteiger charge is 2.19. The van der Waals surface area contributed by atoms with Gasteiger partial charge in [-0.05, 0) is 37.2 Å². The van der Waals surface area contributed by atoms with Gasteiger partial charge < -0.3 is 10.1 Å². The quantitative estimate of drug-likeness (QED) is 0.921. The molecule has 1 aromatic carbocycles. The number of thiazole rings is 1. The molecular weight excluding hydrogens is 244 g/mol. The largest absolute Gasteiger partial charge is 0.497 e. The molecule has 1 aliphatic rings. The van der Waals surface area contributed by atoms with Gasteiger partial charge in [-0.25, -0.2) is 4.98 Å².